The summed E-state index contributed by atoms with van der Waals surface area (Å²) in [5.74, 6) is 0.560. The molecule has 0 saturated carbocycles. The maximum atomic E-state index is 13.1. The maximum absolute atomic E-state index is 13.1. The summed E-state index contributed by atoms with van der Waals surface area (Å²) in [6, 6.07) is 16.2. The summed E-state index contributed by atoms with van der Waals surface area (Å²) in [6.45, 7) is 2.25. The van der Waals surface area contributed by atoms with Gasteiger partial charge in [-0.25, -0.2) is 0 Å². The number of pyridine rings is 1. The van der Waals surface area contributed by atoms with Gasteiger partial charge in [-0.1, -0.05) is 18.2 Å². The molecule has 3 aliphatic rings. The first-order valence-electron chi connectivity index (χ1n) is 10.4. The zero-order chi connectivity index (χ0) is 19.8. The summed E-state index contributed by atoms with van der Waals surface area (Å²) in [6.07, 6.45) is 6.99. The Balaban J connectivity index is 1.38. The molecule has 6 rings (SSSR count). The average molecular weight is 386 g/mol. The zero-order valence-corrected chi connectivity index (χ0v) is 16.4. The van der Waals surface area contributed by atoms with Crippen LogP contribution in [0.2, 0.25) is 0 Å². The van der Waals surface area contributed by atoms with Gasteiger partial charge in [0, 0.05) is 35.7 Å². The average Bonchev–Trinajstić information content (AvgIpc) is 2.76. The molecule has 1 aromatic heterocycles. The van der Waals surface area contributed by atoms with E-state index in [9.17, 15) is 4.79 Å². The lowest BCUT2D eigenvalue weighted by molar-refractivity contribution is 0.0136. The van der Waals surface area contributed by atoms with Crippen LogP contribution in [0.15, 0.2) is 60.9 Å². The maximum Gasteiger partial charge on any atom is 0.251 e. The third kappa shape index (κ3) is 3.58. The molecule has 1 amide bonds. The van der Waals surface area contributed by atoms with Crippen LogP contribution in [-0.4, -0.2) is 41.0 Å². The first-order valence-corrected chi connectivity index (χ1v) is 10.4. The summed E-state index contributed by atoms with van der Waals surface area (Å²) in [5, 5.41) is 5.48. The van der Waals surface area contributed by atoms with E-state index >= 15 is 0 Å². The molecule has 3 aromatic rings. The van der Waals surface area contributed by atoms with Crippen LogP contribution in [0.25, 0.3) is 10.8 Å². The molecule has 2 bridgehead atoms. The summed E-state index contributed by atoms with van der Waals surface area (Å²) < 4.78 is 0. The quantitative estimate of drug-likeness (QED) is 0.675. The van der Waals surface area contributed by atoms with Crippen molar-refractivity contribution in [1.29, 1.82) is 0 Å². The molecule has 5 nitrogen and oxygen atoms in total. The monoisotopic (exact) mass is 386 g/mol. The SMILES string of the molecule is Nc1ccc2cc(C(=O)N[C@H]3C4CCN(CC4)[C@H]3Cc3cccnc3)ccc2c1. The number of hydrogen-bond donors (Lipinski definition) is 2. The molecule has 0 aliphatic carbocycles. The third-order valence-electron chi connectivity index (χ3n) is 6.56. The Morgan fingerprint density at radius 2 is 1.90 bits per heavy atom. The van der Waals surface area contributed by atoms with E-state index in [0.29, 0.717) is 17.5 Å². The van der Waals surface area contributed by atoms with E-state index in [4.69, 9.17) is 5.73 Å². The van der Waals surface area contributed by atoms with E-state index in [1.54, 1.807) is 0 Å². The van der Waals surface area contributed by atoms with Crippen LogP contribution in [0, 0.1) is 5.92 Å². The molecule has 2 atom stereocenters. The van der Waals surface area contributed by atoms with Gasteiger partial charge < -0.3 is 11.1 Å². The fourth-order valence-electron chi connectivity index (χ4n) is 5.02. The van der Waals surface area contributed by atoms with Crippen molar-refractivity contribution >= 4 is 22.4 Å². The second-order valence-corrected chi connectivity index (χ2v) is 8.33. The van der Waals surface area contributed by atoms with E-state index in [1.165, 1.54) is 5.56 Å². The number of carbonyl (C=O) groups is 1. The van der Waals surface area contributed by atoms with Gasteiger partial charge >= 0.3 is 0 Å². The predicted octanol–water partition coefficient (Wildman–Crippen LogP) is 3.25. The number of piperidine rings is 3. The summed E-state index contributed by atoms with van der Waals surface area (Å²) >= 11 is 0. The molecule has 29 heavy (non-hydrogen) atoms. The molecule has 148 valence electrons. The van der Waals surface area contributed by atoms with Crippen molar-refractivity contribution in [3.05, 3.63) is 72.1 Å². The second kappa shape index (κ2) is 7.48. The van der Waals surface area contributed by atoms with Gasteiger partial charge in [0.1, 0.15) is 0 Å². The third-order valence-corrected chi connectivity index (χ3v) is 6.56. The van der Waals surface area contributed by atoms with Gasteiger partial charge in [0.2, 0.25) is 0 Å². The Hall–Kier alpha value is -2.92. The first-order chi connectivity index (χ1) is 14.2. The number of aromatic nitrogens is 1. The van der Waals surface area contributed by atoms with Gasteiger partial charge in [-0.15, -0.1) is 0 Å². The number of benzene rings is 2. The van der Waals surface area contributed by atoms with E-state index in [1.807, 2.05) is 54.9 Å². The molecule has 3 aliphatic heterocycles. The molecule has 3 saturated heterocycles. The number of nitrogens with two attached hydrogens (primary N) is 1. The highest BCUT2D eigenvalue weighted by atomic mass is 16.1. The zero-order valence-electron chi connectivity index (χ0n) is 16.4. The van der Waals surface area contributed by atoms with Crippen LogP contribution >= 0.6 is 0 Å². The molecule has 3 N–H and O–H groups in total. The number of nitrogens with one attached hydrogen (secondary N) is 1. The topological polar surface area (TPSA) is 71.2 Å². The predicted molar refractivity (Wildman–Crippen MR) is 116 cm³/mol. The number of hydrogen-bond acceptors (Lipinski definition) is 4. The standard InChI is InChI=1S/C24H26N4O/c25-21-6-5-18-13-20(4-3-19(18)14-21)24(29)27-23-17-7-10-28(11-8-17)22(23)12-16-2-1-9-26-15-16/h1-6,9,13-15,17,22-23H,7-8,10-12,25H2,(H,27,29)/t22-,23-/m0/s1. The van der Waals surface area contributed by atoms with Crippen molar-refractivity contribution in [2.45, 2.75) is 31.3 Å². The lowest BCUT2D eigenvalue weighted by Gasteiger charge is -2.51. The van der Waals surface area contributed by atoms with Crippen molar-refractivity contribution in [2.75, 3.05) is 18.8 Å². The number of nitrogens with zero attached hydrogens (tertiary/aromatic N) is 2. The lowest BCUT2D eigenvalue weighted by Crippen LogP contribution is -2.64. The van der Waals surface area contributed by atoms with E-state index in [-0.39, 0.29) is 11.9 Å². The molecule has 3 fully saturated rings. The van der Waals surface area contributed by atoms with E-state index in [0.717, 1.165) is 48.8 Å². The highest BCUT2D eigenvalue weighted by molar-refractivity contribution is 5.99. The Labute approximate surface area is 170 Å². The van der Waals surface area contributed by atoms with Crippen LogP contribution < -0.4 is 11.1 Å². The highest BCUT2D eigenvalue weighted by Gasteiger charge is 2.42. The second-order valence-electron chi connectivity index (χ2n) is 8.33. The largest absolute Gasteiger partial charge is 0.399 e. The van der Waals surface area contributed by atoms with Gasteiger partial charge in [-0.2, -0.15) is 0 Å². The van der Waals surface area contributed by atoms with Crippen LogP contribution in [0.4, 0.5) is 5.69 Å². The minimum absolute atomic E-state index is 0.0126. The molecule has 2 aromatic carbocycles. The molecule has 5 heteroatoms. The fraction of sp³-hybridized carbons (Fsp3) is 0.333. The van der Waals surface area contributed by atoms with Crippen LogP contribution in [0.5, 0.6) is 0 Å². The van der Waals surface area contributed by atoms with Crippen molar-refractivity contribution in [2.24, 2.45) is 5.92 Å². The molecular formula is C24H26N4O. The molecule has 4 heterocycles. The van der Waals surface area contributed by atoms with Gasteiger partial charge in [0.05, 0.1) is 0 Å². The summed E-state index contributed by atoms with van der Waals surface area (Å²) in [4.78, 5) is 19.9. The van der Waals surface area contributed by atoms with Crippen LogP contribution in [0.1, 0.15) is 28.8 Å². The number of anilines is 1. The van der Waals surface area contributed by atoms with Gasteiger partial charge in [0.15, 0.2) is 0 Å². The highest BCUT2D eigenvalue weighted by Crippen LogP contribution is 2.34. The van der Waals surface area contributed by atoms with Crippen LogP contribution in [-0.2, 0) is 6.42 Å². The van der Waals surface area contributed by atoms with E-state index in [2.05, 4.69) is 21.3 Å². The normalized spacial score (nSPS) is 25.8. The first kappa shape index (κ1) is 18.1. The van der Waals surface area contributed by atoms with Crippen LogP contribution in [0.3, 0.4) is 0 Å². The van der Waals surface area contributed by atoms with E-state index < -0.39 is 0 Å². The van der Waals surface area contributed by atoms with Gasteiger partial charge in [-0.3, -0.25) is 14.7 Å². The van der Waals surface area contributed by atoms with Crippen molar-refractivity contribution in [1.82, 2.24) is 15.2 Å². The van der Waals surface area contributed by atoms with Crippen molar-refractivity contribution in [3.63, 3.8) is 0 Å². The van der Waals surface area contributed by atoms with Gasteiger partial charge in [-0.05, 0) is 84.9 Å². The van der Waals surface area contributed by atoms with Crippen molar-refractivity contribution in [3.8, 4) is 0 Å². The molecule has 0 spiro atoms. The fourth-order valence-corrected chi connectivity index (χ4v) is 5.02. The number of fused-ring (bicyclic) bond motifs is 4. The Bertz CT molecular complexity index is 1030. The minimum atomic E-state index is 0.0126. The molecule has 0 unspecified atom stereocenters. The summed E-state index contributed by atoms with van der Waals surface area (Å²) in [5.41, 5.74) is 8.54. The Morgan fingerprint density at radius 3 is 2.69 bits per heavy atom. The molecular weight excluding hydrogens is 360 g/mol. The number of nitrogen functional groups attached to an aromatic ring is 1. The summed E-state index contributed by atoms with van der Waals surface area (Å²) in [7, 11) is 0. The smallest absolute Gasteiger partial charge is 0.251 e. The Morgan fingerprint density at radius 1 is 1.10 bits per heavy atom. The Kier molecular flexibility index (Phi) is 4.68. The number of carbonyl (C=O) groups excluding carboxylic acids is 1. The van der Waals surface area contributed by atoms with Crippen molar-refractivity contribution < 1.29 is 4.79 Å². The number of amides is 1. The minimum Gasteiger partial charge on any atom is -0.399 e. The lowest BCUT2D eigenvalue weighted by atomic mass is 9.76. The molecule has 0 radical (unpaired) electrons. The number of rotatable bonds is 4. The van der Waals surface area contributed by atoms with Gasteiger partial charge in [0.25, 0.3) is 5.91 Å².